The lowest BCUT2D eigenvalue weighted by atomic mass is 10.1. The van der Waals surface area contributed by atoms with Crippen LogP contribution in [0.5, 0.6) is 5.75 Å². The van der Waals surface area contributed by atoms with Crippen molar-refractivity contribution in [3.63, 3.8) is 0 Å². The molecule has 0 bridgehead atoms. The second-order valence-electron chi connectivity index (χ2n) is 5.38. The van der Waals surface area contributed by atoms with E-state index in [0.717, 1.165) is 7.11 Å². The van der Waals surface area contributed by atoms with Gasteiger partial charge in [0.25, 0.3) is 0 Å². The summed E-state index contributed by atoms with van der Waals surface area (Å²) >= 11 is 0. The normalized spacial score (nSPS) is 14.1. The molecule has 0 amide bonds. The molecule has 25 heavy (non-hydrogen) atoms. The van der Waals surface area contributed by atoms with E-state index in [4.69, 9.17) is 9.47 Å². The number of methoxy groups -OCH3 is 1. The van der Waals surface area contributed by atoms with Crippen molar-refractivity contribution in [2.75, 3.05) is 20.3 Å². The zero-order valence-electron chi connectivity index (χ0n) is 14.2. The molecule has 0 radical (unpaired) electrons. The number of unbranched alkanes of at least 4 members (excludes halogenated alkanes) is 1. The Morgan fingerprint density at radius 1 is 1.20 bits per heavy atom. The van der Waals surface area contributed by atoms with E-state index in [0.29, 0.717) is 26.1 Å². The lowest BCUT2D eigenvalue weighted by molar-refractivity contribution is -0.234. The molecule has 5 nitrogen and oxygen atoms in total. The molecule has 0 spiro atoms. The molecule has 8 heteroatoms. The van der Waals surface area contributed by atoms with Gasteiger partial charge < -0.3 is 19.3 Å². The van der Waals surface area contributed by atoms with Crippen molar-refractivity contribution in [3.8, 4) is 5.75 Å². The minimum atomic E-state index is -4.76. The number of alkyl halides is 3. The first-order valence-corrected chi connectivity index (χ1v) is 7.96. The van der Waals surface area contributed by atoms with Crippen molar-refractivity contribution in [1.29, 1.82) is 0 Å². The Bertz CT molecular complexity index is 516. The number of carbonyl (C=O) groups is 1. The Kier molecular flexibility index (Phi) is 8.71. The quantitative estimate of drug-likeness (QED) is 0.507. The van der Waals surface area contributed by atoms with Gasteiger partial charge in [0, 0.05) is 20.3 Å². The van der Waals surface area contributed by atoms with Crippen molar-refractivity contribution < 1.29 is 37.3 Å². The third-order valence-electron chi connectivity index (χ3n) is 3.53. The maximum Gasteiger partial charge on any atom is 0.428 e. The molecule has 2 atom stereocenters. The lowest BCUT2D eigenvalue weighted by Crippen LogP contribution is -2.44. The zero-order chi connectivity index (χ0) is 18.9. The van der Waals surface area contributed by atoms with Crippen LogP contribution in [-0.4, -0.2) is 49.8 Å². The summed E-state index contributed by atoms with van der Waals surface area (Å²) in [6.45, 7) is 2.83. The number of hydrogen-bond donors (Lipinski definition) is 1. The summed E-state index contributed by atoms with van der Waals surface area (Å²) in [7, 11) is 1.15. The van der Waals surface area contributed by atoms with Crippen LogP contribution in [0.4, 0.5) is 13.2 Å². The van der Waals surface area contributed by atoms with E-state index < -0.39 is 24.4 Å². The average Bonchev–Trinajstić information content (AvgIpc) is 2.56. The predicted molar refractivity (Wildman–Crippen MR) is 84.5 cm³/mol. The molecule has 0 aliphatic heterocycles. The fourth-order valence-corrected chi connectivity index (χ4v) is 2.22. The summed E-state index contributed by atoms with van der Waals surface area (Å²) in [6, 6.07) is 4.77. The summed E-state index contributed by atoms with van der Waals surface area (Å²) < 4.78 is 54.6. The highest BCUT2D eigenvalue weighted by Gasteiger charge is 2.48. The number of halogens is 3. The van der Waals surface area contributed by atoms with Crippen LogP contribution in [0.2, 0.25) is 0 Å². The van der Waals surface area contributed by atoms with Crippen LogP contribution in [-0.2, 0) is 14.2 Å². The summed E-state index contributed by atoms with van der Waals surface area (Å²) in [6.07, 6.45) is -7.32. The Hall–Kier alpha value is -1.80. The number of phenols is 1. The molecule has 0 aliphatic rings. The summed E-state index contributed by atoms with van der Waals surface area (Å²) in [5.41, 5.74) is -0.0850. The summed E-state index contributed by atoms with van der Waals surface area (Å²) in [5.74, 6) is -1.23. The predicted octanol–water partition coefficient (Wildman–Crippen LogP) is 3.70. The molecule has 0 saturated heterocycles. The Morgan fingerprint density at radius 2 is 1.84 bits per heavy atom. The minimum Gasteiger partial charge on any atom is -0.508 e. The molecule has 0 heterocycles. The number of benzene rings is 1. The van der Waals surface area contributed by atoms with Gasteiger partial charge in [-0.2, -0.15) is 13.2 Å². The third-order valence-corrected chi connectivity index (χ3v) is 3.53. The molecule has 1 N–H and O–H groups in total. The Morgan fingerprint density at radius 3 is 2.36 bits per heavy atom. The van der Waals surface area contributed by atoms with Gasteiger partial charge in [-0.3, -0.25) is 0 Å². The number of aromatic hydroxyl groups is 1. The van der Waals surface area contributed by atoms with Crippen molar-refractivity contribution in [3.05, 3.63) is 29.8 Å². The van der Waals surface area contributed by atoms with Gasteiger partial charge in [-0.05, 0) is 50.5 Å². The van der Waals surface area contributed by atoms with E-state index in [1.54, 1.807) is 0 Å². The first-order valence-electron chi connectivity index (χ1n) is 7.96. The van der Waals surface area contributed by atoms with Crippen molar-refractivity contribution in [1.82, 2.24) is 0 Å². The monoisotopic (exact) mass is 364 g/mol. The molecule has 0 unspecified atom stereocenters. The fourth-order valence-electron chi connectivity index (χ4n) is 2.22. The van der Waals surface area contributed by atoms with Crippen LogP contribution in [0.3, 0.4) is 0 Å². The maximum atomic E-state index is 13.3. The highest BCUT2D eigenvalue weighted by atomic mass is 19.4. The van der Waals surface area contributed by atoms with Crippen molar-refractivity contribution in [2.45, 2.75) is 44.6 Å². The number of rotatable bonds is 10. The lowest BCUT2D eigenvalue weighted by Gasteiger charge is -2.27. The zero-order valence-corrected chi connectivity index (χ0v) is 14.2. The topological polar surface area (TPSA) is 65.0 Å². The highest BCUT2D eigenvalue weighted by molar-refractivity contribution is 5.89. The van der Waals surface area contributed by atoms with Gasteiger partial charge in [-0.15, -0.1) is 0 Å². The molecule has 0 fully saturated rings. The molecule has 0 aromatic heterocycles. The molecule has 1 aromatic carbocycles. The second kappa shape index (κ2) is 10.2. The number of ether oxygens (including phenoxy) is 3. The molecular formula is C17H23F3O5. The number of phenolic OH excluding ortho intramolecular Hbond substituents is 1. The summed E-state index contributed by atoms with van der Waals surface area (Å²) in [5, 5.41) is 9.17. The van der Waals surface area contributed by atoms with E-state index >= 15 is 0 Å². The standard InChI is InChI=1S/C17H23F3O5/c1-3-24-11-5-4-6-14(23-2)15(17(18,19)20)25-16(22)12-7-9-13(21)10-8-12/h7-10,14-15,21H,3-6,11H2,1-2H3/t14-,15-/m0/s1. The number of hydrogen-bond acceptors (Lipinski definition) is 5. The Balaban J connectivity index is 2.74. The minimum absolute atomic E-state index is 0.0800. The highest BCUT2D eigenvalue weighted by Crippen LogP contribution is 2.30. The molecule has 0 aliphatic carbocycles. The van der Waals surface area contributed by atoms with Crippen molar-refractivity contribution in [2.24, 2.45) is 0 Å². The number of esters is 1. The molecule has 1 aromatic rings. The third kappa shape index (κ3) is 7.31. The van der Waals surface area contributed by atoms with Gasteiger partial charge in [-0.25, -0.2) is 4.79 Å². The van der Waals surface area contributed by atoms with Crippen molar-refractivity contribution >= 4 is 5.97 Å². The van der Waals surface area contributed by atoms with Crippen LogP contribution < -0.4 is 0 Å². The SMILES string of the molecule is CCOCCCC[C@H](OC)[C@H](OC(=O)c1ccc(O)cc1)C(F)(F)F. The van der Waals surface area contributed by atoms with Gasteiger partial charge in [0.05, 0.1) is 5.56 Å². The van der Waals surface area contributed by atoms with Crippen LogP contribution in [0, 0.1) is 0 Å². The Labute approximate surface area is 144 Å². The van der Waals surface area contributed by atoms with Gasteiger partial charge in [-0.1, -0.05) is 0 Å². The van der Waals surface area contributed by atoms with Gasteiger partial charge in [0.15, 0.2) is 0 Å². The maximum absolute atomic E-state index is 13.3. The first-order chi connectivity index (χ1) is 11.8. The van der Waals surface area contributed by atoms with Crippen LogP contribution >= 0.6 is 0 Å². The van der Waals surface area contributed by atoms with E-state index in [9.17, 15) is 23.1 Å². The molecule has 1 rings (SSSR count). The average molecular weight is 364 g/mol. The smallest absolute Gasteiger partial charge is 0.428 e. The molecular weight excluding hydrogens is 341 g/mol. The van der Waals surface area contributed by atoms with E-state index in [1.165, 1.54) is 24.3 Å². The van der Waals surface area contributed by atoms with Crippen LogP contribution in [0.15, 0.2) is 24.3 Å². The second-order valence-corrected chi connectivity index (χ2v) is 5.38. The first kappa shape index (κ1) is 21.2. The van der Waals surface area contributed by atoms with Crippen LogP contribution in [0.25, 0.3) is 0 Å². The van der Waals surface area contributed by atoms with Gasteiger partial charge in [0.2, 0.25) is 6.10 Å². The van der Waals surface area contributed by atoms with E-state index in [2.05, 4.69) is 4.74 Å². The summed E-state index contributed by atoms with van der Waals surface area (Å²) in [4.78, 5) is 12.0. The number of carbonyl (C=O) groups excluding carboxylic acids is 1. The van der Waals surface area contributed by atoms with E-state index in [-0.39, 0.29) is 17.7 Å². The molecule has 142 valence electrons. The van der Waals surface area contributed by atoms with Crippen LogP contribution in [0.1, 0.15) is 36.5 Å². The van der Waals surface area contributed by atoms with E-state index in [1.807, 2.05) is 6.92 Å². The van der Waals surface area contributed by atoms with Gasteiger partial charge >= 0.3 is 12.1 Å². The largest absolute Gasteiger partial charge is 0.508 e. The van der Waals surface area contributed by atoms with Gasteiger partial charge in [0.1, 0.15) is 11.9 Å². The fraction of sp³-hybridized carbons (Fsp3) is 0.588. The molecule has 0 saturated carbocycles.